The third-order valence-electron chi connectivity index (χ3n) is 4.44. The van der Waals surface area contributed by atoms with Crippen LogP contribution < -0.4 is 4.73 Å². The van der Waals surface area contributed by atoms with Crippen LogP contribution in [0, 0.1) is 12.1 Å². The second kappa shape index (κ2) is 5.82. The van der Waals surface area contributed by atoms with Gasteiger partial charge < -0.3 is 5.21 Å². The Bertz CT molecular complexity index is 1010. The second-order valence-corrected chi connectivity index (χ2v) is 5.88. The second-order valence-electron chi connectivity index (χ2n) is 5.88. The van der Waals surface area contributed by atoms with Crippen LogP contribution in [0.15, 0.2) is 84.9 Å². The van der Waals surface area contributed by atoms with Crippen LogP contribution in [0.5, 0.6) is 0 Å². The van der Waals surface area contributed by atoms with Gasteiger partial charge in [-0.3, -0.25) is 0 Å². The third-order valence-corrected chi connectivity index (χ3v) is 4.44. The quantitative estimate of drug-likeness (QED) is 0.373. The van der Waals surface area contributed by atoms with Gasteiger partial charge in [0.25, 0.3) is 0 Å². The molecular weight excluding hydrogens is 294 g/mol. The van der Waals surface area contributed by atoms with E-state index < -0.39 is 0 Å². The first-order chi connectivity index (χ1) is 11.8. The summed E-state index contributed by atoms with van der Waals surface area (Å²) in [5, 5.41) is 15.2. The molecular formula is C22H17NO. The Morgan fingerprint density at radius 2 is 1.12 bits per heavy atom. The number of aromatic nitrogens is 1. The summed E-state index contributed by atoms with van der Waals surface area (Å²) in [5.41, 5.74) is 4.40. The van der Waals surface area contributed by atoms with Gasteiger partial charge in [0.2, 0.25) is 5.69 Å². The van der Waals surface area contributed by atoms with Gasteiger partial charge >= 0.3 is 0 Å². The van der Waals surface area contributed by atoms with Gasteiger partial charge in [-0.15, -0.1) is 0 Å². The van der Waals surface area contributed by atoms with Gasteiger partial charge in [-0.2, -0.15) is 4.73 Å². The van der Waals surface area contributed by atoms with E-state index >= 15 is 0 Å². The van der Waals surface area contributed by atoms with E-state index in [1.807, 2.05) is 73.7 Å². The van der Waals surface area contributed by atoms with Gasteiger partial charge in [0, 0.05) is 17.9 Å². The highest BCUT2D eigenvalue weighted by atomic mass is 16.5. The molecule has 1 aromatic heterocycles. The minimum Gasteiger partial charge on any atom is -0.618 e. The fourth-order valence-corrected chi connectivity index (χ4v) is 3.28. The van der Waals surface area contributed by atoms with Crippen molar-refractivity contribution < 1.29 is 4.73 Å². The molecule has 0 amide bonds. The molecule has 4 aromatic rings. The lowest BCUT2D eigenvalue weighted by atomic mass is 9.93. The van der Waals surface area contributed by atoms with Crippen molar-refractivity contribution in [1.82, 2.24) is 0 Å². The molecule has 0 saturated carbocycles. The van der Waals surface area contributed by atoms with E-state index in [0.717, 1.165) is 37.9 Å². The summed E-state index contributed by atoms with van der Waals surface area (Å²) in [6.45, 7) is 1.89. The van der Waals surface area contributed by atoms with Crippen LogP contribution >= 0.6 is 0 Å². The van der Waals surface area contributed by atoms with Crippen LogP contribution in [0.2, 0.25) is 0 Å². The lowest BCUT2D eigenvalue weighted by Crippen LogP contribution is -2.34. The monoisotopic (exact) mass is 311 g/mol. The number of benzene rings is 3. The van der Waals surface area contributed by atoms with E-state index in [1.54, 1.807) is 0 Å². The zero-order valence-electron chi connectivity index (χ0n) is 13.4. The number of hydrogen-bond donors (Lipinski definition) is 0. The number of rotatable bonds is 2. The molecule has 0 aliphatic rings. The molecule has 0 unspecified atom stereocenters. The first-order valence-corrected chi connectivity index (χ1v) is 8.03. The maximum Gasteiger partial charge on any atom is 0.232 e. The van der Waals surface area contributed by atoms with E-state index in [4.69, 9.17) is 0 Å². The van der Waals surface area contributed by atoms with Crippen molar-refractivity contribution in [2.75, 3.05) is 0 Å². The highest BCUT2D eigenvalue weighted by molar-refractivity contribution is 6.02. The Labute approximate surface area is 141 Å². The molecule has 0 fully saturated rings. The van der Waals surface area contributed by atoms with Crippen LogP contribution in [0.3, 0.4) is 0 Å². The molecule has 0 aliphatic carbocycles. The Morgan fingerprint density at radius 1 is 0.625 bits per heavy atom. The highest BCUT2D eigenvalue weighted by Crippen LogP contribution is 2.36. The predicted molar refractivity (Wildman–Crippen MR) is 98.5 cm³/mol. The molecule has 0 atom stereocenters. The van der Waals surface area contributed by atoms with Gasteiger partial charge in [0.15, 0.2) is 5.69 Å². The van der Waals surface area contributed by atoms with Crippen molar-refractivity contribution in [3.63, 3.8) is 0 Å². The van der Waals surface area contributed by atoms with E-state index in [0.29, 0.717) is 5.69 Å². The number of nitrogens with zero attached hydrogens (tertiary/aromatic N) is 1. The third kappa shape index (κ3) is 2.24. The summed E-state index contributed by atoms with van der Waals surface area (Å²) in [7, 11) is 0. The Kier molecular flexibility index (Phi) is 3.51. The highest BCUT2D eigenvalue weighted by Gasteiger charge is 2.23. The first kappa shape index (κ1) is 14.5. The molecule has 3 aromatic carbocycles. The Hall–Kier alpha value is -3.13. The number of aryl methyl sites for hydroxylation is 1. The first-order valence-electron chi connectivity index (χ1n) is 8.03. The summed E-state index contributed by atoms with van der Waals surface area (Å²) >= 11 is 0. The Morgan fingerprint density at radius 3 is 1.75 bits per heavy atom. The minimum absolute atomic E-state index is 0.706. The standard InChI is InChI=1S/C22H17NO/c1-16-19-14-8-9-15-20(19)21(17-10-4-2-5-11-17)22(23(16)24)18-12-6-3-7-13-18/h2-15H,1H3. The molecule has 0 bridgehead atoms. The van der Waals surface area contributed by atoms with E-state index in [9.17, 15) is 5.21 Å². The predicted octanol–water partition coefficient (Wildman–Crippen LogP) is 5.12. The Balaban J connectivity index is 2.20. The molecule has 2 nitrogen and oxygen atoms in total. The van der Waals surface area contributed by atoms with Crippen molar-refractivity contribution >= 4 is 10.8 Å². The van der Waals surface area contributed by atoms with Crippen LogP contribution in [0.4, 0.5) is 0 Å². The fraction of sp³-hybridized carbons (Fsp3) is 0.0455. The SMILES string of the molecule is Cc1c2ccccc2c(-c2ccccc2)c(-c2ccccc2)[n+]1[O-]. The lowest BCUT2D eigenvalue weighted by Gasteiger charge is -2.16. The smallest absolute Gasteiger partial charge is 0.232 e. The van der Waals surface area contributed by atoms with Crippen LogP contribution in [-0.2, 0) is 0 Å². The van der Waals surface area contributed by atoms with Gasteiger partial charge in [-0.05, 0) is 23.8 Å². The van der Waals surface area contributed by atoms with Gasteiger partial charge in [-0.1, -0.05) is 66.7 Å². The minimum atomic E-state index is 0.706. The fourth-order valence-electron chi connectivity index (χ4n) is 3.28. The molecule has 0 N–H and O–H groups in total. The maximum atomic E-state index is 13.1. The van der Waals surface area contributed by atoms with Gasteiger partial charge in [0.1, 0.15) is 0 Å². The topological polar surface area (TPSA) is 26.9 Å². The van der Waals surface area contributed by atoms with Crippen molar-refractivity contribution in [3.8, 4) is 22.4 Å². The van der Waals surface area contributed by atoms with Crippen LogP contribution in [0.25, 0.3) is 33.2 Å². The van der Waals surface area contributed by atoms with Crippen molar-refractivity contribution in [2.45, 2.75) is 6.92 Å². The summed E-state index contributed by atoms with van der Waals surface area (Å²) < 4.78 is 1.07. The summed E-state index contributed by atoms with van der Waals surface area (Å²) in [6.07, 6.45) is 0. The number of hydrogen-bond acceptors (Lipinski definition) is 1. The molecule has 2 heteroatoms. The van der Waals surface area contributed by atoms with Crippen molar-refractivity contribution in [1.29, 1.82) is 0 Å². The number of fused-ring (bicyclic) bond motifs is 1. The molecule has 1 heterocycles. The summed E-state index contributed by atoms with van der Waals surface area (Å²) in [5.74, 6) is 0. The van der Waals surface area contributed by atoms with Crippen LogP contribution in [0.1, 0.15) is 5.69 Å². The summed E-state index contributed by atoms with van der Waals surface area (Å²) in [6, 6.07) is 28.1. The zero-order valence-corrected chi connectivity index (χ0v) is 13.4. The molecule has 24 heavy (non-hydrogen) atoms. The van der Waals surface area contributed by atoms with Crippen LogP contribution in [-0.4, -0.2) is 0 Å². The van der Waals surface area contributed by atoms with Crippen molar-refractivity contribution in [2.24, 2.45) is 0 Å². The largest absolute Gasteiger partial charge is 0.618 e. The number of pyridine rings is 1. The zero-order chi connectivity index (χ0) is 16.5. The summed E-state index contributed by atoms with van der Waals surface area (Å²) in [4.78, 5) is 0. The van der Waals surface area contributed by atoms with Gasteiger partial charge in [0.05, 0.1) is 10.9 Å². The molecule has 0 spiro atoms. The van der Waals surface area contributed by atoms with E-state index in [-0.39, 0.29) is 0 Å². The van der Waals surface area contributed by atoms with E-state index in [2.05, 4.69) is 18.2 Å². The molecule has 4 rings (SSSR count). The van der Waals surface area contributed by atoms with Gasteiger partial charge in [-0.25, -0.2) is 0 Å². The molecule has 0 radical (unpaired) electrons. The molecule has 0 aliphatic heterocycles. The normalized spacial score (nSPS) is 10.9. The lowest BCUT2D eigenvalue weighted by molar-refractivity contribution is -0.598. The average Bonchev–Trinajstić information content (AvgIpc) is 2.66. The molecule has 0 saturated heterocycles. The van der Waals surface area contributed by atoms with E-state index in [1.165, 1.54) is 0 Å². The maximum absolute atomic E-state index is 13.1. The van der Waals surface area contributed by atoms with Crippen molar-refractivity contribution in [3.05, 3.63) is 95.8 Å². The average molecular weight is 311 g/mol. The molecule has 116 valence electrons.